The van der Waals surface area contributed by atoms with Crippen LogP contribution in [0.15, 0.2) is 22.7 Å². The summed E-state index contributed by atoms with van der Waals surface area (Å²) in [5, 5.41) is 0.213. The number of hydrogen-bond donors (Lipinski definition) is 0. The van der Waals surface area contributed by atoms with Gasteiger partial charge in [-0.2, -0.15) is 0 Å². The highest BCUT2D eigenvalue weighted by atomic mass is 79.9. The van der Waals surface area contributed by atoms with Gasteiger partial charge >= 0.3 is 0 Å². The van der Waals surface area contributed by atoms with Crippen molar-refractivity contribution in [1.29, 1.82) is 0 Å². The van der Waals surface area contributed by atoms with E-state index in [0.29, 0.717) is 10.2 Å². The molecule has 0 N–H and O–H groups in total. The zero-order chi connectivity index (χ0) is 15.1. The van der Waals surface area contributed by atoms with E-state index in [1.807, 2.05) is 20.8 Å². The summed E-state index contributed by atoms with van der Waals surface area (Å²) in [5.74, 6) is -1.17. The SMILES string of the molecule is CC(C)(C)c1nc(-c2cc(F)cc(F)c2)nc(Cl)c1Br. The van der Waals surface area contributed by atoms with Crippen LogP contribution in [0.3, 0.4) is 0 Å². The van der Waals surface area contributed by atoms with Gasteiger partial charge in [0.25, 0.3) is 0 Å². The third kappa shape index (κ3) is 3.15. The summed E-state index contributed by atoms with van der Waals surface area (Å²) in [5.41, 5.74) is 0.644. The number of nitrogens with zero attached hydrogens (tertiary/aromatic N) is 2. The highest BCUT2D eigenvalue weighted by Gasteiger charge is 2.23. The van der Waals surface area contributed by atoms with Gasteiger partial charge in [0, 0.05) is 17.0 Å². The van der Waals surface area contributed by atoms with Crippen LogP contribution >= 0.6 is 27.5 Å². The van der Waals surface area contributed by atoms with Crippen LogP contribution in [0.1, 0.15) is 26.5 Å². The lowest BCUT2D eigenvalue weighted by atomic mass is 9.92. The van der Waals surface area contributed by atoms with Crippen LogP contribution in [0.5, 0.6) is 0 Å². The van der Waals surface area contributed by atoms with Crippen LogP contribution in [-0.4, -0.2) is 9.97 Å². The van der Waals surface area contributed by atoms with Crippen LogP contribution in [0.25, 0.3) is 11.4 Å². The number of aromatic nitrogens is 2. The lowest BCUT2D eigenvalue weighted by Gasteiger charge is -2.20. The minimum atomic E-state index is -0.681. The lowest BCUT2D eigenvalue weighted by molar-refractivity contribution is 0.563. The second kappa shape index (κ2) is 5.37. The molecule has 2 aromatic rings. The Morgan fingerprint density at radius 1 is 1.05 bits per heavy atom. The normalized spacial score (nSPS) is 11.8. The topological polar surface area (TPSA) is 25.8 Å². The second-order valence-corrected chi connectivity index (χ2v) is 6.56. The second-order valence-electron chi connectivity index (χ2n) is 5.41. The van der Waals surface area contributed by atoms with Gasteiger partial charge in [-0.1, -0.05) is 32.4 Å². The predicted octanol–water partition coefficient (Wildman–Crippen LogP) is 5.14. The van der Waals surface area contributed by atoms with Gasteiger partial charge in [0.1, 0.15) is 16.8 Å². The molecule has 0 unspecified atom stereocenters. The molecule has 20 heavy (non-hydrogen) atoms. The first-order valence-electron chi connectivity index (χ1n) is 5.88. The summed E-state index contributed by atoms with van der Waals surface area (Å²) >= 11 is 9.42. The van der Waals surface area contributed by atoms with Crippen molar-refractivity contribution in [2.45, 2.75) is 26.2 Å². The largest absolute Gasteiger partial charge is 0.231 e. The Morgan fingerprint density at radius 2 is 1.60 bits per heavy atom. The lowest BCUT2D eigenvalue weighted by Crippen LogP contribution is -2.16. The molecule has 6 heteroatoms. The average molecular weight is 362 g/mol. The molecular weight excluding hydrogens is 350 g/mol. The quantitative estimate of drug-likeness (QED) is 0.658. The summed E-state index contributed by atoms with van der Waals surface area (Å²) in [4.78, 5) is 8.45. The predicted molar refractivity (Wildman–Crippen MR) is 78.8 cm³/mol. The van der Waals surface area contributed by atoms with Gasteiger partial charge in [0.2, 0.25) is 0 Å². The number of benzene rings is 1. The standard InChI is InChI=1S/C14H12BrClF2N2/c1-14(2,3)11-10(15)12(16)20-13(19-11)7-4-8(17)6-9(18)5-7/h4-6H,1-3H3. The molecule has 1 heterocycles. The Hall–Kier alpha value is -1.07. The maximum absolute atomic E-state index is 13.3. The van der Waals surface area contributed by atoms with Crippen LogP contribution in [0, 0.1) is 11.6 Å². The molecule has 0 aliphatic carbocycles. The molecule has 2 rings (SSSR count). The van der Waals surface area contributed by atoms with Crippen molar-refractivity contribution in [1.82, 2.24) is 9.97 Å². The van der Waals surface area contributed by atoms with Gasteiger partial charge in [0.05, 0.1) is 10.2 Å². The van der Waals surface area contributed by atoms with Crippen LogP contribution < -0.4 is 0 Å². The van der Waals surface area contributed by atoms with E-state index in [4.69, 9.17) is 11.6 Å². The monoisotopic (exact) mass is 360 g/mol. The van der Waals surface area contributed by atoms with Crippen molar-refractivity contribution in [3.8, 4) is 11.4 Å². The van der Waals surface area contributed by atoms with Crippen molar-refractivity contribution in [2.24, 2.45) is 0 Å². The van der Waals surface area contributed by atoms with E-state index < -0.39 is 11.6 Å². The molecule has 0 saturated heterocycles. The zero-order valence-electron chi connectivity index (χ0n) is 11.1. The minimum absolute atomic E-state index is 0.196. The highest BCUT2D eigenvalue weighted by molar-refractivity contribution is 9.10. The summed E-state index contributed by atoms with van der Waals surface area (Å²) in [7, 11) is 0. The maximum Gasteiger partial charge on any atom is 0.161 e. The van der Waals surface area contributed by atoms with Gasteiger partial charge in [-0.25, -0.2) is 18.7 Å². The van der Waals surface area contributed by atoms with Gasteiger partial charge in [-0.3, -0.25) is 0 Å². The van der Waals surface area contributed by atoms with Crippen LogP contribution in [-0.2, 0) is 5.41 Å². The van der Waals surface area contributed by atoms with Crippen molar-refractivity contribution in [3.63, 3.8) is 0 Å². The Morgan fingerprint density at radius 3 is 2.10 bits per heavy atom. The average Bonchev–Trinajstić information content (AvgIpc) is 2.29. The molecular formula is C14H12BrClF2N2. The molecule has 0 aliphatic rings. The van der Waals surface area contributed by atoms with E-state index >= 15 is 0 Å². The molecule has 0 radical (unpaired) electrons. The smallest absolute Gasteiger partial charge is 0.161 e. The van der Waals surface area contributed by atoms with E-state index in [2.05, 4.69) is 25.9 Å². The maximum atomic E-state index is 13.3. The van der Waals surface area contributed by atoms with E-state index in [0.717, 1.165) is 6.07 Å². The van der Waals surface area contributed by atoms with E-state index in [1.165, 1.54) is 12.1 Å². The molecule has 0 atom stereocenters. The van der Waals surface area contributed by atoms with Crippen molar-refractivity contribution in [2.75, 3.05) is 0 Å². The number of hydrogen-bond acceptors (Lipinski definition) is 2. The van der Waals surface area contributed by atoms with E-state index in [-0.39, 0.29) is 22.0 Å². The molecule has 0 aliphatic heterocycles. The van der Waals surface area contributed by atoms with Crippen LogP contribution in [0.2, 0.25) is 5.15 Å². The van der Waals surface area contributed by atoms with Gasteiger partial charge in [0.15, 0.2) is 5.82 Å². The van der Waals surface area contributed by atoms with Gasteiger partial charge < -0.3 is 0 Å². The Balaban J connectivity index is 2.67. The van der Waals surface area contributed by atoms with E-state index in [1.54, 1.807) is 0 Å². The van der Waals surface area contributed by atoms with Gasteiger partial charge in [-0.15, -0.1) is 0 Å². The molecule has 2 nitrogen and oxygen atoms in total. The summed E-state index contributed by atoms with van der Waals surface area (Å²) in [6.07, 6.45) is 0. The first-order valence-corrected chi connectivity index (χ1v) is 7.05. The van der Waals surface area contributed by atoms with E-state index in [9.17, 15) is 8.78 Å². The molecule has 0 fully saturated rings. The fourth-order valence-electron chi connectivity index (χ4n) is 1.73. The fraction of sp³-hybridized carbons (Fsp3) is 0.286. The minimum Gasteiger partial charge on any atom is -0.231 e. The number of rotatable bonds is 1. The highest BCUT2D eigenvalue weighted by Crippen LogP contribution is 2.34. The van der Waals surface area contributed by atoms with Crippen molar-refractivity contribution < 1.29 is 8.78 Å². The van der Waals surface area contributed by atoms with Crippen LogP contribution in [0.4, 0.5) is 8.78 Å². The summed E-state index contributed by atoms with van der Waals surface area (Å²) < 4.78 is 27.2. The number of halogens is 4. The fourth-order valence-corrected chi connectivity index (χ4v) is 2.67. The third-order valence-electron chi connectivity index (χ3n) is 2.64. The molecule has 0 amide bonds. The first-order chi connectivity index (χ1) is 9.18. The van der Waals surface area contributed by atoms with Crippen molar-refractivity contribution >= 4 is 27.5 Å². The van der Waals surface area contributed by atoms with Crippen molar-refractivity contribution in [3.05, 3.63) is 45.2 Å². The molecule has 0 bridgehead atoms. The first kappa shape index (κ1) is 15.3. The molecule has 106 valence electrons. The Kier molecular flexibility index (Phi) is 4.12. The molecule has 0 saturated carbocycles. The molecule has 0 spiro atoms. The molecule has 1 aromatic heterocycles. The summed E-state index contributed by atoms with van der Waals surface area (Å²) in [6, 6.07) is 3.15. The zero-order valence-corrected chi connectivity index (χ0v) is 13.5. The van der Waals surface area contributed by atoms with Gasteiger partial charge in [-0.05, 0) is 28.1 Å². The Labute approximate surface area is 129 Å². The third-order valence-corrected chi connectivity index (χ3v) is 3.89. The Bertz CT molecular complexity index is 649. The molecule has 1 aromatic carbocycles. The summed E-state index contributed by atoms with van der Waals surface area (Å²) in [6.45, 7) is 5.89.